The van der Waals surface area contributed by atoms with Crippen LogP contribution in [0.4, 0.5) is 24.1 Å². The van der Waals surface area contributed by atoms with Crippen LogP contribution in [0, 0.1) is 0 Å². The Morgan fingerprint density at radius 3 is 2.43 bits per heavy atom. The molecular formula is C27H24F3N9O2S. The number of carbonyl (C=O) groups is 2. The number of amides is 2. The van der Waals surface area contributed by atoms with Gasteiger partial charge in [-0.15, -0.1) is 15.3 Å². The minimum absolute atomic E-state index is 0.0000296. The van der Waals surface area contributed by atoms with Crippen LogP contribution in [0.3, 0.4) is 0 Å². The zero-order chi connectivity index (χ0) is 29.5. The monoisotopic (exact) mass is 595 g/mol. The van der Waals surface area contributed by atoms with E-state index in [1.54, 1.807) is 16.6 Å². The van der Waals surface area contributed by atoms with Crippen molar-refractivity contribution in [3.8, 4) is 0 Å². The van der Waals surface area contributed by atoms with Crippen LogP contribution in [0.25, 0.3) is 5.52 Å². The fraction of sp³-hybridized carbons (Fsp3) is 0.259. The summed E-state index contributed by atoms with van der Waals surface area (Å²) in [7, 11) is 0. The second-order valence-electron chi connectivity index (χ2n) is 9.31. The van der Waals surface area contributed by atoms with Crippen molar-refractivity contribution in [3.63, 3.8) is 0 Å². The Hall–Kier alpha value is -4.79. The van der Waals surface area contributed by atoms with E-state index in [2.05, 4.69) is 41.1 Å². The van der Waals surface area contributed by atoms with Gasteiger partial charge in [-0.1, -0.05) is 17.4 Å². The molecule has 5 rings (SSSR count). The van der Waals surface area contributed by atoms with Crippen LogP contribution in [-0.2, 0) is 41.4 Å². The van der Waals surface area contributed by atoms with Crippen molar-refractivity contribution in [3.05, 3.63) is 88.6 Å². The number of halogens is 3. The van der Waals surface area contributed by atoms with Crippen molar-refractivity contribution in [1.82, 2.24) is 35.0 Å². The number of anilines is 2. The Labute approximate surface area is 241 Å². The van der Waals surface area contributed by atoms with E-state index in [1.807, 2.05) is 30.5 Å². The first-order valence-electron chi connectivity index (χ1n) is 12.9. The molecule has 0 unspecified atom stereocenters. The van der Waals surface area contributed by atoms with Crippen LogP contribution in [0.15, 0.2) is 60.9 Å². The van der Waals surface area contributed by atoms with Crippen molar-refractivity contribution in [1.29, 1.82) is 0 Å². The molecule has 0 saturated carbocycles. The molecule has 15 heteroatoms. The molecule has 216 valence electrons. The molecule has 42 heavy (non-hydrogen) atoms. The molecule has 0 radical (unpaired) electrons. The number of unbranched alkanes of at least 4 members (excludes halogenated alkanes) is 1. The summed E-state index contributed by atoms with van der Waals surface area (Å²) in [4.78, 5) is 28.4. The maximum Gasteiger partial charge on any atom is 0.416 e. The highest BCUT2D eigenvalue weighted by molar-refractivity contribution is 7.15. The summed E-state index contributed by atoms with van der Waals surface area (Å²) in [6.45, 7) is 0. The molecule has 2 amide bonds. The highest BCUT2D eigenvalue weighted by Crippen LogP contribution is 2.29. The molecule has 11 nitrogen and oxygen atoms in total. The Kier molecular flexibility index (Phi) is 8.76. The Morgan fingerprint density at radius 1 is 0.833 bits per heavy atom. The van der Waals surface area contributed by atoms with Gasteiger partial charge in [0.1, 0.15) is 5.01 Å². The van der Waals surface area contributed by atoms with Gasteiger partial charge in [0, 0.05) is 18.8 Å². The minimum Gasteiger partial charge on any atom is -0.309 e. The number of hydrogen-bond donors (Lipinski definition) is 2. The molecule has 5 aromatic rings. The topological polar surface area (TPSA) is 140 Å². The van der Waals surface area contributed by atoms with Gasteiger partial charge in [-0.05, 0) is 61.7 Å². The van der Waals surface area contributed by atoms with E-state index >= 15 is 0 Å². The molecule has 0 aliphatic heterocycles. The van der Waals surface area contributed by atoms with Crippen molar-refractivity contribution in [2.75, 3.05) is 10.6 Å². The standard InChI is InChI=1S/C27H24F3N9O2S/c28-27(29,30)17-10-11-31-19(13-17)15-23(40)32-22-9-8-18(34-35-22)5-1-2-7-25-36-37-26(42-25)33-24(41)16-20-14-21-6-3-4-12-39(21)38-20/h3-4,6,8-14H,1-2,5,7,15-16H2,(H,32,35,40)(H,33,37,41). The molecule has 0 bridgehead atoms. The smallest absolute Gasteiger partial charge is 0.309 e. The molecule has 0 aliphatic rings. The molecule has 5 aromatic heterocycles. The van der Waals surface area contributed by atoms with Crippen molar-refractivity contribution in [2.24, 2.45) is 0 Å². The third-order valence-corrected chi connectivity index (χ3v) is 6.92. The molecule has 0 aromatic carbocycles. The van der Waals surface area contributed by atoms with E-state index in [0.717, 1.165) is 47.4 Å². The number of aromatic nitrogens is 7. The van der Waals surface area contributed by atoms with Crippen LogP contribution >= 0.6 is 11.3 Å². The van der Waals surface area contributed by atoms with Crippen LogP contribution in [0.2, 0.25) is 0 Å². The number of carbonyl (C=O) groups excluding carboxylic acids is 2. The van der Waals surface area contributed by atoms with Crippen LogP contribution < -0.4 is 10.6 Å². The normalized spacial score (nSPS) is 11.5. The lowest BCUT2D eigenvalue weighted by Crippen LogP contribution is -2.17. The quantitative estimate of drug-likeness (QED) is 0.215. The number of nitrogens with one attached hydrogen (secondary N) is 2. The van der Waals surface area contributed by atoms with Gasteiger partial charge in [-0.3, -0.25) is 14.6 Å². The van der Waals surface area contributed by atoms with E-state index in [9.17, 15) is 22.8 Å². The van der Waals surface area contributed by atoms with Crippen molar-refractivity contribution < 1.29 is 22.8 Å². The Bertz CT molecular complexity index is 1650. The SMILES string of the molecule is O=C(Cc1cc(C(F)(F)F)ccn1)Nc1ccc(CCCCc2nnc(NC(=O)Cc3cc4ccccn4n3)s2)nn1. The summed E-state index contributed by atoms with van der Waals surface area (Å²) in [6, 6.07) is 12.6. The molecule has 0 saturated heterocycles. The summed E-state index contributed by atoms with van der Waals surface area (Å²) >= 11 is 1.32. The number of nitrogens with zero attached hydrogens (tertiary/aromatic N) is 7. The second-order valence-corrected chi connectivity index (χ2v) is 10.4. The average molecular weight is 596 g/mol. The summed E-state index contributed by atoms with van der Waals surface area (Å²) in [6.07, 6.45) is 1.09. The number of alkyl halides is 3. The van der Waals surface area contributed by atoms with Gasteiger partial charge >= 0.3 is 6.18 Å². The van der Waals surface area contributed by atoms with E-state index < -0.39 is 17.6 Å². The van der Waals surface area contributed by atoms with Crippen LogP contribution in [0.1, 0.15) is 40.5 Å². The first-order chi connectivity index (χ1) is 20.2. The number of pyridine rings is 2. The van der Waals surface area contributed by atoms with E-state index in [4.69, 9.17) is 0 Å². The zero-order valence-corrected chi connectivity index (χ0v) is 22.8. The fourth-order valence-electron chi connectivity index (χ4n) is 4.06. The van der Waals surface area contributed by atoms with Crippen molar-refractivity contribution in [2.45, 2.75) is 44.7 Å². The lowest BCUT2D eigenvalue weighted by Gasteiger charge is -2.08. The highest BCUT2D eigenvalue weighted by atomic mass is 32.1. The van der Waals surface area contributed by atoms with Gasteiger partial charge in [0.05, 0.1) is 41.0 Å². The Morgan fingerprint density at radius 2 is 1.64 bits per heavy atom. The summed E-state index contributed by atoms with van der Waals surface area (Å²) < 4.78 is 40.3. The number of rotatable bonds is 11. The van der Waals surface area contributed by atoms with Gasteiger partial charge in [0.2, 0.25) is 16.9 Å². The first kappa shape index (κ1) is 28.7. The third-order valence-electron chi connectivity index (χ3n) is 6.02. The van der Waals surface area contributed by atoms with E-state index in [1.165, 1.54) is 11.3 Å². The lowest BCUT2D eigenvalue weighted by molar-refractivity contribution is -0.137. The molecule has 5 heterocycles. The number of fused-ring (bicyclic) bond motifs is 1. The first-order valence-corrected chi connectivity index (χ1v) is 13.7. The Balaban J connectivity index is 1.01. The van der Waals surface area contributed by atoms with E-state index in [-0.39, 0.29) is 30.3 Å². The lowest BCUT2D eigenvalue weighted by atomic mass is 10.1. The van der Waals surface area contributed by atoms with Gasteiger partial charge in [0.15, 0.2) is 5.82 Å². The van der Waals surface area contributed by atoms with Crippen molar-refractivity contribution >= 4 is 39.6 Å². The average Bonchev–Trinajstić information content (AvgIpc) is 3.57. The van der Waals surface area contributed by atoms with Gasteiger partial charge in [0.25, 0.3) is 0 Å². The van der Waals surface area contributed by atoms with E-state index in [0.29, 0.717) is 23.7 Å². The van der Waals surface area contributed by atoms with Gasteiger partial charge < -0.3 is 10.6 Å². The van der Waals surface area contributed by atoms with Gasteiger partial charge in [-0.25, -0.2) is 4.52 Å². The molecule has 0 spiro atoms. The number of hydrogen-bond acceptors (Lipinski definition) is 9. The van der Waals surface area contributed by atoms with Gasteiger partial charge in [-0.2, -0.15) is 23.4 Å². The predicted octanol–water partition coefficient (Wildman–Crippen LogP) is 4.32. The molecule has 0 fully saturated rings. The fourth-order valence-corrected chi connectivity index (χ4v) is 4.85. The highest BCUT2D eigenvalue weighted by Gasteiger charge is 2.30. The maximum atomic E-state index is 12.9. The summed E-state index contributed by atoms with van der Waals surface area (Å²) in [5.74, 6) is -0.571. The maximum absolute atomic E-state index is 12.9. The molecule has 0 atom stereocenters. The van der Waals surface area contributed by atoms with Crippen LogP contribution in [-0.4, -0.2) is 46.8 Å². The summed E-state index contributed by atoms with van der Waals surface area (Å²) in [5, 5.41) is 27.2. The zero-order valence-electron chi connectivity index (χ0n) is 22.0. The predicted molar refractivity (Wildman–Crippen MR) is 148 cm³/mol. The molecule has 0 aliphatic carbocycles. The molecular weight excluding hydrogens is 571 g/mol. The van der Waals surface area contributed by atoms with Crippen LogP contribution in [0.5, 0.6) is 0 Å². The molecule has 2 N–H and O–H groups in total. The largest absolute Gasteiger partial charge is 0.416 e. The minimum atomic E-state index is -4.51. The third kappa shape index (κ3) is 7.90. The second kappa shape index (κ2) is 12.8. The number of aryl methyl sites for hydroxylation is 2. The summed E-state index contributed by atoms with van der Waals surface area (Å²) in [5.41, 5.74) is 1.44.